The van der Waals surface area contributed by atoms with E-state index in [1.54, 1.807) is 12.1 Å². The van der Waals surface area contributed by atoms with E-state index in [4.69, 9.17) is 0 Å². The number of nitrogens with one attached hydrogen (secondary N) is 1. The van der Waals surface area contributed by atoms with E-state index < -0.39 is 5.97 Å². The largest absolute Gasteiger partial charge is 0.465 e. The van der Waals surface area contributed by atoms with Crippen molar-refractivity contribution in [3.05, 3.63) is 23.9 Å². The van der Waals surface area contributed by atoms with Gasteiger partial charge in [-0.25, -0.2) is 9.78 Å². The Morgan fingerprint density at radius 3 is 2.58 bits per heavy atom. The van der Waals surface area contributed by atoms with Crippen LogP contribution in [0.4, 0.5) is 5.82 Å². The molecular weight excluding hydrogens is 244 g/mol. The predicted molar refractivity (Wildman–Crippen MR) is 70.8 cm³/mol. The normalized spacial score (nSPS) is 15.8. The maximum absolute atomic E-state index is 12.0. The summed E-state index contributed by atoms with van der Waals surface area (Å²) in [5, 5.41) is 2.79. The van der Waals surface area contributed by atoms with E-state index in [2.05, 4.69) is 15.0 Å². The van der Waals surface area contributed by atoms with E-state index in [9.17, 15) is 9.59 Å². The number of rotatable bonds is 3. The van der Waals surface area contributed by atoms with Gasteiger partial charge in [0.25, 0.3) is 0 Å². The SMILES string of the molecule is COC(=O)c1ccc(NC(=O)C2CCCCC2)nc1. The molecule has 0 saturated heterocycles. The van der Waals surface area contributed by atoms with E-state index in [1.807, 2.05) is 0 Å². The molecule has 0 aromatic carbocycles. The summed E-state index contributed by atoms with van der Waals surface area (Å²) >= 11 is 0. The van der Waals surface area contributed by atoms with Crippen molar-refractivity contribution in [2.45, 2.75) is 32.1 Å². The quantitative estimate of drug-likeness (QED) is 0.849. The summed E-state index contributed by atoms with van der Waals surface area (Å²) in [4.78, 5) is 27.3. The number of carbonyl (C=O) groups is 2. The Balaban J connectivity index is 1.95. The maximum atomic E-state index is 12.0. The second kappa shape index (κ2) is 6.31. The van der Waals surface area contributed by atoms with E-state index in [-0.39, 0.29) is 11.8 Å². The van der Waals surface area contributed by atoms with Crippen LogP contribution in [0.5, 0.6) is 0 Å². The van der Waals surface area contributed by atoms with Crippen molar-refractivity contribution in [2.24, 2.45) is 5.92 Å². The Hall–Kier alpha value is -1.91. The highest BCUT2D eigenvalue weighted by Crippen LogP contribution is 2.24. The van der Waals surface area contributed by atoms with Crippen LogP contribution in [-0.4, -0.2) is 24.0 Å². The molecule has 0 aliphatic heterocycles. The number of esters is 1. The fraction of sp³-hybridized carbons (Fsp3) is 0.500. The third-order valence-corrected chi connectivity index (χ3v) is 3.41. The highest BCUT2D eigenvalue weighted by Gasteiger charge is 2.21. The highest BCUT2D eigenvalue weighted by atomic mass is 16.5. The lowest BCUT2D eigenvalue weighted by Crippen LogP contribution is -2.25. The number of carbonyl (C=O) groups excluding carboxylic acids is 2. The molecule has 0 bridgehead atoms. The number of pyridine rings is 1. The molecule has 0 atom stereocenters. The monoisotopic (exact) mass is 262 g/mol. The molecule has 19 heavy (non-hydrogen) atoms. The maximum Gasteiger partial charge on any atom is 0.339 e. The average Bonchev–Trinajstić information content (AvgIpc) is 2.48. The van der Waals surface area contributed by atoms with Crippen LogP contribution in [0.1, 0.15) is 42.5 Å². The van der Waals surface area contributed by atoms with Gasteiger partial charge in [-0.2, -0.15) is 0 Å². The van der Waals surface area contributed by atoms with Gasteiger partial charge >= 0.3 is 5.97 Å². The molecule has 1 fully saturated rings. The predicted octanol–water partition coefficient (Wildman–Crippen LogP) is 2.39. The smallest absolute Gasteiger partial charge is 0.339 e. The molecule has 5 heteroatoms. The number of methoxy groups -OCH3 is 1. The summed E-state index contributed by atoms with van der Waals surface area (Å²) in [7, 11) is 1.32. The van der Waals surface area contributed by atoms with Crippen LogP contribution in [-0.2, 0) is 9.53 Å². The average molecular weight is 262 g/mol. The van der Waals surface area contributed by atoms with Crippen LogP contribution in [0.3, 0.4) is 0 Å². The minimum atomic E-state index is -0.433. The number of ether oxygens (including phenoxy) is 1. The first-order valence-corrected chi connectivity index (χ1v) is 6.56. The standard InChI is InChI=1S/C14H18N2O3/c1-19-14(18)11-7-8-12(15-9-11)16-13(17)10-5-3-2-4-6-10/h7-10H,2-6H2,1H3,(H,15,16,17). The van der Waals surface area contributed by atoms with Crippen LogP contribution >= 0.6 is 0 Å². The molecular formula is C14H18N2O3. The second-order valence-electron chi connectivity index (χ2n) is 4.75. The lowest BCUT2D eigenvalue weighted by atomic mass is 9.89. The summed E-state index contributed by atoms with van der Waals surface area (Å²) in [5.74, 6) is 0.162. The molecule has 2 rings (SSSR count). The fourth-order valence-electron chi connectivity index (χ4n) is 2.30. The van der Waals surface area contributed by atoms with E-state index in [0.717, 1.165) is 25.7 Å². The Morgan fingerprint density at radius 2 is 2.00 bits per heavy atom. The second-order valence-corrected chi connectivity index (χ2v) is 4.75. The lowest BCUT2D eigenvalue weighted by Gasteiger charge is -2.20. The Morgan fingerprint density at radius 1 is 1.26 bits per heavy atom. The molecule has 1 N–H and O–H groups in total. The fourth-order valence-corrected chi connectivity index (χ4v) is 2.30. The Labute approximate surface area is 112 Å². The summed E-state index contributed by atoms with van der Waals surface area (Å²) in [6.45, 7) is 0. The first-order chi connectivity index (χ1) is 9.20. The van der Waals surface area contributed by atoms with Gasteiger partial charge in [-0.05, 0) is 25.0 Å². The molecule has 102 valence electrons. The zero-order valence-corrected chi connectivity index (χ0v) is 11.0. The number of hydrogen-bond acceptors (Lipinski definition) is 4. The summed E-state index contributed by atoms with van der Waals surface area (Å²) < 4.78 is 4.59. The molecule has 1 heterocycles. The van der Waals surface area contributed by atoms with Gasteiger partial charge in [-0.15, -0.1) is 0 Å². The molecule has 0 unspecified atom stereocenters. The molecule has 1 saturated carbocycles. The number of aromatic nitrogens is 1. The van der Waals surface area contributed by atoms with Gasteiger partial charge in [0.05, 0.1) is 12.7 Å². The first-order valence-electron chi connectivity index (χ1n) is 6.56. The Kier molecular flexibility index (Phi) is 4.49. The van der Waals surface area contributed by atoms with Gasteiger partial charge in [0.2, 0.25) is 5.91 Å². The molecule has 1 aromatic heterocycles. The Bertz CT molecular complexity index is 450. The third kappa shape index (κ3) is 3.53. The van der Waals surface area contributed by atoms with Crippen molar-refractivity contribution < 1.29 is 14.3 Å². The van der Waals surface area contributed by atoms with Gasteiger partial charge in [0, 0.05) is 12.1 Å². The number of amides is 1. The van der Waals surface area contributed by atoms with E-state index >= 15 is 0 Å². The zero-order valence-electron chi connectivity index (χ0n) is 11.0. The van der Waals surface area contributed by atoms with Crippen molar-refractivity contribution in [2.75, 3.05) is 12.4 Å². The van der Waals surface area contributed by atoms with Crippen molar-refractivity contribution in [3.8, 4) is 0 Å². The van der Waals surface area contributed by atoms with E-state index in [1.165, 1.54) is 19.7 Å². The van der Waals surface area contributed by atoms with Crippen LogP contribution in [0, 0.1) is 5.92 Å². The molecule has 0 radical (unpaired) electrons. The minimum Gasteiger partial charge on any atom is -0.465 e. The minimum absolute atomic E-state index is 0.0259. The van der Waals surface area contributed by atoms with Crippen LogP contribution < -0.4 is 5.32 Å². The molecule has 1 aliphatic carbocycles. The summed E-state index contributed by atoms with van der Waals surface area (Å²) in [5.41, 5.74) is 0.373. The number of nitrogens with zero attached hydrogens (tertiary/aromatic N) is 1. The number of hydrogen-bond donors (Lipinski definition) is 1. The van der Waals surface area contributed by atoms with Crippen molar-refractivity contribution in [1.29, 1.82) is 0 Å². The van der Waals surface area contributed by atoms with Crippen molar-refractivity contribution in [3.63, 3.8) is 0 Å². The zero-order chi connectivity index (χ0) is 13.7. The van der Waals surface area contributed by atoms with Crippen molar-refractivity contribution >= 4 is 17.7 Å². The van der Waals surface area contributed by atoms with Gasteiger partial charge in [-0.3, -0.25) is 4.79 Å². The molecule has 0 spiro atoms. The molecule has 1 aromatic rings. The van der Waals surface area contributed by atoms with E-state index in [0.29, 0.717) is 11.4 Å². The van der Waals surface area contributed by atoms with Gasteiger partial charge in [0.15, 0.2) is 0 Å². The molecule has 5 nitrogen and oxygen atoms in total. The lowest BCUT2D eigenvalue weighted by molar-refractivity contribution is -0.120. The summed E-state index contributed by atoms with van der Waals surface area (Å²) in [6.07, 6.45) is 6.76. The topological polar surface area (TPSA) is 68.3 Å². The van der Waals surface area contributed by atoms with Gasteiger partial charge in [-0.1, -0.05) is 19.3 Å². The molecule has 1 amide bonds. The van der Waals surface area contributed by atoms with Gasteiger partial charge in [0.1, 0.15) is 5.82 Å². The number of anilines is 1. The van der Waals surface area contributed by atoms with Crippen LogP contribution in [0.2, 0.25) is 0 Å². The van der Waals surface area contributed by atoms with Crippen LogP contribution in [0.15, 0.2) is 18.3 Å². The van der Waals surface area contributed by atoms with Gasteiger partial charge < -0.3 is 10.1 Å². The highest BCUT2D eigenvalue weighted by molar-refractivity contribution is 5.92. The summed E-state index contributed by atoms with van der Waals surface area (Å²) in [6, 6.07) is 3.21. The van der Waals surface area contributed by atoms with Crippen molar-refractivity contribution in [1.82, 2.24) is 4.98 Å². The molecule has 1 aliphatic rings. The van der Waals surface area contributed by atoms with Crippen LogP contribution in [0.25, 0.3) is 0 Å². The third-order valence-electron chi connectivity index (χ3n) is 3.41. The first kappa shape index (κ1) is 13.5.